The van der Waals surface area contributed by atoms with E-state index in [0.29, 0.717) is 44.3 Å². The number of hydrogen-bond donors (Lipinski definition) is 1. The molecule has 38 heavy (non-hydrogen) atoms. The van der Waals surface area contributed by atoms with Gasteiger partial charge in [-0.2, -0.15) is 0 Å². The van der Waals surface area contributed by atoms with E-state index in [1.807, 2.05) is 30.3 Å². The van der Waals surface area contributed by atoms with Gasteiger partial charge in [-0.05, 0) is 56.5 Å². The molecular weight excluding hydrogens is 496 g/mol. The molecule has 4 heterocycles. The van der Waals surface area contributed by atoms with Gasteiger partial charge < -0.3 is 9.32 Å². The zero-order chi connectivity index (χ0) is 26.4. The van der Waals surface area contributed by atoms with Crippen LogP contribution in [0, 0.1) is 11.6 Å². The summed E-state index contributed by atoms with van der Waals surface area (Å²) in [5.74, 6) is -2.48. The number of amides is 3. The number of fused-ring (bicyclic) bond motifs is 1. The number of carbonyl (C=O) groups is 3. The number of likely N-dealkylation sites (tertiary alicyclic amines) is 1. The third kappa shape index (κ3) is 4.36. The number of aromatic nitrogens is 2. The van der Waals surface area contributed by atoms with E-state index in [0.717, 1.165) is 11.6 Å². The van der Waals surface area contributed by atoms with Gasteiger partial charge in [-0.25, -0.2) is 8.78 Å². The molecule has 1 N–H and O–H groups in total. The number of piperidine rings is 2. The average molecular weight is 522 g/mol. The van der Waals surface area contributed by atoms with Crippen molar-refractivity contribution < 1.29 is 27.6 Å². The first-order valence-electron chi connectivity index (χ1n) is 12.6. The van der Waals surface area contributed by atoms with Crippen molar-refractivity contribution >= 4 is 17.7 Å². The molecule has 1 unspecified atom stereocenters. The van der Waals surface area contributed by atoms with Gasteiger partial charge in [0.2, 0.25) is 23.6 Å². The molecule has 11 heteroatoms. The minimum atomic E-state index is -0.881. The van der Waals surface area contributed by atoms with Gasteiger partial charge in [0, 0.05) is 23.1 Å². The molecule has 0 radical (unpaired) electrons. The minimum Gasteiger partial charge on any atom is -0.419 e. The molecule has 2 saturated heterocycles. The van der Waals surface area contributed by atoms with Gasteiger partial charge in [0.25, 0.3) is 5.91 Å². The fraction of sp³-hybridized carbons (Fsp3) is 0.370. The lowest BCUT2D eigenvalue weighted by atomic mass is 9.86. The third-order valence-electron chi connectivity index (χ3n) is 7.60. The number of benzene rings is 2. The van der Waals surface area contributed by atoms with Crippen LogP contribution in [0.15, 0.2) is 40.8 Å². The highest BCUT2D eigenvalue weighted by Crippen LogP contribution is 2.38. The summed E-state index contributed by atoms with van der Waals surface area (Å²) in [4.78, 5) is 40.0. The first-order chi connectivity index (χ1) is 18.4. The molecule has 6 rings (SSSR count). The van der Waals surface area contributed by atoms with E-state index in [-0.39, 0.29) is 42.0 Å². The van der Waals surface area contributed by atoms with Crippen LogP contribution >= 0.6 is 0 Å². The number of hydrogen-bond acceptors (Lipinski definition) is 7. The molecule has 0 saturated carbocycles. The van der Waals surface area contributed by atoms with Crippen LogP contribution in [0.2, 0.25) is 0 Å². The van der Waals surface area contributed by atoms with E-state index in [1.54, 1.807) is 0 Å². The van der Waals surface area contributed by atoms with Crippen molar-refractivity contribution in [2.24, 2.45) is 0 Å². The molecule has 3 aliphatic heterocycles. The van der Waals surface area contributed by atoms with E-state index in [2.05, 4.69) is 20.4 Å². The molecule has 3 amide bonds. The van der Waals surface area contributed by atoms with Crippen LogP contribution in [0.3, 0.4) is 0 Å². The van der Waals surface area contributed by atoms with Crippen molar-refractivity contribution in [3.05, 3.63) is 70.6 Å². The van der Waals surface area contributed by atoms with Crippen molar-refractivity contribution in [3.8, 4) is 11.5 Å². The molecule has 1 aromatic heterocycles. The van der Waals surface area contributed by atoms with Crippen LogP contribution in [-0.4, -0.2) is 56.9 Å². The Kier molecular flexibility index (Phi) is 6.22. The van der Waals surface area contributed by atoms with Gasteiger partial charge in [-0.1, -0.05) is 18.2 Å². The second-order valence-corrected chi connectivity index (χ2v) is 9.93. The van der Waals surface area contributed by atoms with Crippen molar-refractivity contribution in [1.29, 1.82) is 0 Å². The topological polar surface area (TPSA) is 109 Å². The zero-order valence-corrected chi connectivity index (χ0v) is 20.5. The smallest absolute Gasteiger partial charge is 0.255 e. The number of rotatable bonds is 5. The normalized spacial score (nSPS) is 20.6. The lowest BCUT2D eigenvalue weighted by Gasteiger charge is -2.31. The van der Waals surface area contributed by atoms with Crippen LogP contribution < -0.4 is 5.32 Å². The number of halogens is 2. The predicted molar refractivity (Wildman–Crippen MR) is 129 cm³/mol. The molecule has 3 aliphatic rings. The third-order valence-corrected chi connectivity index (χ3v) is 7.60. The van der Waals surface area contributed by atoms with E-state index >= 15 is 8.78 Å². The predicted octanol–water partition coefficient (Wildman–Crippen LogP) is 3.16. The molecule has 2 aromatic carbocycles. The van der Waals surface area contributed by atoms with Crippen molar-refractivity contribution in [1.82, 2.24) is 25.3 Å². The SMILES string of the molecule is O=C1CCC(N2Cc3c(cc(F)c(C4CCN(Cc5nnc(-c6ccccc6)o5)CC4)c3F)C2=O)C(=O)N1. The summed E-state index contributed by atoms with van der Waals surface area (Å²) in [5.41, 5.74) is 0.877. The fourth-order valence-electron chi connectivity index (χ4n) is 5.61. The second-order valence-electron chi connectivity index (χ2n) is 9.93. The van der Waals surface area contributed by atoms with Gasteiger partial charge in [0.1, 0.15) is 17.7 Å². The highest BCUT2D eigenvalue weighted by atomic mass is 19.1. The molecule has 0 spiro atoms. The maximum absolute atomic E-state index is 15.7. The van der Waals surface area contributed by atoms with E-state index in [4.69, 9.17) is 4.42 Å². The lowest BCUT2D eigenvalue weighted by molar-refractivity contribution is -0.136. The number of imide groups is 1. The fourth-order valence-corrected chi connectivity index (χ4v) is 5.61. The van der Waals surface area contributed by atoms with Crippen LogP contribution in [0.4, 0.5) is 8.78 Å². The highest BCUT2D eigenvalue weighted by Gasteiger charge is 2.42. The Hall–Kier alpha value is -3.99. The molecule has 3 aromatic rings. The average Bonchev–Trinajstić information content (AvgIpc) is 3.51. The Morgan fingerprint density at radius 2 is 1.79 bits per heavy atom. The van der Waals surface area contributed by atoms with Crippen LogP contribution in [-0.2, 0) is 22.7 Å². The molecule has 196 valence electrons. The number of nitrogens with one attached hydrogen (secondary N) is 1. The highest BCUT2D eigenvalue weighted by molar-refractivity contribution is 6.05. The van der Waals surface area contributed by atoms with E-state index in [1.165, 1.54) is 4.90 Å². The summed E-state index contributed by atoms with van der Waals surface area (Å²) in [6.07, 6.45) is 1.30. The Morgan fingerprint density at radius 1 is 1.03 bits per heavy atom. The maximum atomic E-state index is 15.7. The molecular formula is C27H25F2N5O4. The quantitative estimate of drug-likeness (QED) is 0.514. The molecule has 0 aliphatic carbocycles. The Labute approximate surface area is 216 Å². The van der Waals surface area contributed by atoms with Crippen molar-refractivity contribution in [3.63, 3.8) is 0 Å². The maximum Gasteiger partial charge on any atom is 0.255 e. The molecule has 1 atom stereocenters. The largest absolute Gasteiger partial charge is 0.419 e. The summed E-state index contributed by atoms with van der Waals surface area (Å²) < 4.78 is 36.7. The Bertz CT molecular complexity index is 1420. The molecule has 9 nitrogen and oxygen atoms in total. The van der Waals surface area contributed by atoms with Crippen LogP contribution in [0.1, 0.15) is 59.0 Å². The standard InChI is InChI=1S/C27H25F2N5O4/c28-19-12-17-18(13-34(27(17)37)20-6-7-21(35)30-25(20)36)24(29)23(19)15-8-10-33(11-9-15)14-22-31-32-26(38-22)16-4-2-1-3-5-16/h1-5,12,15,20H,6-11,13-14H2,(H,30,35,36). The first-order valence-corrected chi connectivity index (χ1v) is 12.6. The zero-order valence-electron chi connectivity index (χ0n) is 20.5. The summed E-state index contributed by atoms with van der Waals surface area (Å²) >= 11 is 0. The van der Waals surface area contributed by atoms with E-state index in [9.17, 15) is 14.4 Å². The van der Waals surface area contributed by atoms with Gasteiger partial charge in [0.05, 0.1) is 18.7 Å². The number of carbonyl (C=O) groups excluding carboxylic acids is 3. The first kappa shape index (κ1) is 24.4. The van der Waals surface area contributed by atoms with Gasteiger partial charge >= 0.3 is 0 Å². The van der Waals surface area contributed by atoms with Gasteiger partial charge in [-0.15, -0.1) is 10.2 Å². The van der Waals surface area contributed by atoms with Crippen LogP contribution in [0.25, 0.3) is 11.5 Å². The molecule has 0 bridgehead atoms. The van der Waals surface area contributed by atoms with Gasteiger partial charge in [-0.3, -0.25) is 24.6 Å². The van der Waals surface area contributed by atoms with Crippen molar-refractivity contribution in [2.45, 2.75) is 50.7 Å². The molecule has 2 fully saturated rings. The number of nitrogens with zero attached hydrogens (tertiary/aromatic N) is 4. The summed E-state index contributed by atoms with van der Waals surface area (Å²) in [5, 5.41) is 10.5. The summed E-state index contributed by atoms with van der Waals surface area (Å²) in [6.45, 7) is 1.49. The van der Waals surface area contributed by atoms with Gasteiger partial charge in [0.15, 0.2) is 0 Å². The minimum absolute atomic E-state index is 0.00882. The lowest BCUT2D eigenvalue weighted by Crippen LogP contribution is -2.52. The monoisotopic (exact) mass is 521 g/mol. The van der Waals surface area contributed by atoms with E-state index < -0.39 is 35.4 Å². The Balaban J connectivity index is 1.13. The summed E-state index contributed by atoms with van der Waals surface area (Å²) in [6, 6.07) is 9.68. The second kappa shape index (κ2) is 9.71. The summed E-state index contributed by atoms with van der Waals surface area (Å²) in [7, 11) is 0. The Morgan fingerprint density at radius 3 is 2.53 bits per heavy atom. The van der Waals surface area contributed by atoms with Crippen molar-refractivity contribution in [2.75, 3.05) is 13.1 Å². The van der Waals surface area contributed by atoms with Crippen LogP contribution in [0.5, 0.6) is 0 Å².